The molecule has 0 bridgehead atoms. The topological polar surface area (TPSA) is 37.4 Å². The molecule has 0 saturated carbocycles. The van der Waals surface area contributed by atoms with E-state index >= 15 is 0 Å². The summed E-state index contributed by atoms with van der Waals surface area (Å²) in [5.41, 5.74) is 3.60. The quantitative estimate of drug-likeness (QED) is 0.711. The Kier molecular flexibility index (Phi) is 7.11. The van der Waals surface area contributed by atoms with Crippen molar-refractivity contribution < 1.29 is 9.59 Å². The summed E-state index contributed by atoms with van der Waals surface area (Å²) in [6.07, 6.45) is 4.85. The number of rotatable bonds is 6. The highest BCUT2D eigenvalue weighted by Gasteiger charge is 2.27. The lowest BCUT2D eigenvalue weighted by Gasteiger charge is -2.30. The van der Waals surface area contributed by atoms with Gasteiger partial charge in [-0.15, -0.1) is 0 Å². The van der Waals surface area contributed by atoms with Crippen LogP contribution in [0.2, 0.25) is 0 Å². The molecule has 27 heavy (non-hydrogen) atoms. The Morgan fingerprint density at radius 2 is 1.56 bits per heavy atom. The number of benzene rings is 2. The monoisotopic (exact) mass is 381 g/mol. The van der Waals surface area contributed by atoms with Crippen molar-refractivity contribution in [2.24, 2.45) is 0 Å². The van der Waals surface area contributed by atoms with E-state index in [1.54, 1.807) is 6.92 Å². The minimum absolute atomic E-state index is 0.0183. The van der Waals surface area contributed by atoms with Crippen LogP contribution >= 0.6 is 11.8 Å². The second-order valence-corrected chi connectivity index (χ2v) is 8.47. The largest absolute Gasteiger partial charge is 0.342 e. The first-order valence-electron chi connectivity index (χ1n) is 9.74. The van der Waals surface area contributed by atoms with Gasteiger partial charge in [0.05, 0.1) is 5.25 Å². The molecule has 4 heteroatoms. The number of hydrogen-bond acceptors (Lipinski definition) is 3. The van der Waals surface area contributed by atoms with Crippen LogP contribution in [0.1, 0.15) is 38.2 Å². The van der Waals surface area contributed by atoms with Crippen molar-refractivity contribution in [3.05, 3.63) is 60.2 Å². The van der Waals surface area contributed by atoms with Gasteiger partial charge in [-0.1, -0.05) is 66.4 Å². The van der Waals surface area contributed by atoms with Crippen LogP contribution in [0.5, 0.6) is 0 Å². The van der Waals surface area contributed by atoms with Crippen molar-refractivity contribution in [1.82, 2.24) is 4.90 Å². The number of hydrogen-bond donors (Lipinski definition) is 0. The van der Waals surface area contributed by atoms with Crippen LogP contribution in [-0.2, 0) is 16.0 Å². The molecule has 1 amide bonds. The Labute approximate surface area is 166 Å². The third kappa shape index (κ3) is 5.70. The number of amides is 1. The van der Waals surface area contributed by atoms with Gasteiger partial charge in [0.1, 0.15) is 0 Å². The van der Waals surface area contributed by atoms with Crippen molar-refractivity contribution in [1.29, 1.82) is 0 Å². The first-order valence-corrected chi connectivity index (χ1v) is 10.6. The van der Waals surface area contributed by atoms with Crippen LogP contribution in [0.15, 0.2) is 54.6 Å². The van der Waals surface area contributed by atoms with Crippen LogP contribution in [0.3, 0.4) is 0 Å². The fourth-order valence-corrected chi connectivity index (χ4v) is 4.43. The van der Waals surface area contributed by atoms with Gasteiger partial charge in [0, 0.05) is 20.0 Å². The SMILES string of the molecule is CC(=O)SC(CCc1ccc(-c2ccccc2)cc1)C(=O)N1CCCCC1. The Balaban J connectivity index is 1.62. The van der Waals surface area contributed by atoms with Gasteiger partial charge < -0.3 is 4.90 Å². The van der Waals surface area contributed by atoms with E-state index in [0.717, 1.165) is 32.4 Å². The highest BCUT2D eigenvalue weighted by atomic mass is 32.2. The fraction of sp³-hybridized carbons (Fsp3) is 0.391. The standard InChI is InChI=1S/C23H27NO2S/c1-18(25)27-22(23(26)24-16-6-3-7-17-24)15-12-19-10-13-21(14-11-19)20-8-4-2-5-9-20/h2,4-5,8-11,13-14,22H,3,6-7,12,15-17H2,1H3. The molecule has 1 unspecified atom stereocenters. The number of piperidine rings is 1. The van der Waals surface area contributed by atoms with Crippen LogP contribution in [0.4, 0.5) is 0 Å². The van der Waals surface area contributed by atoms with E-state index in [4.69, 9.17) is 0 Å². The predicted molar refractivity (Wildman–Crippen MR) is 113 cm³/mol. The molecule has 0 N–H and O–H groups in total. The van der Waals surface area contributed by atoms with E-state index in [9.17, 15) is 9.59 Å². The molecule has 1 aliphatic heterocycles. The lowest BCUT2D eigenvalue weighted by molar-refractivity contribution is -0.131. The third-order valence-corrected chi connectivity index (χ3v) is 6.06. The van der Waals surface area contributed by atoms with Gasteiger partial charge in [-0.3, -0.25) is 9.59 Å². The fourth-order valence-electron chi connectivity index (χ4n) is 3.54. The van der Waals surface area contributed by atoms with Gasteiger partial charge >= 0.3 is 0 Å². The molecule has 142 valence electrons. The van der Waals surface area contributed by atoms with E-state index < -0.39 is 0 Å². The number of nitrogens with zero attached hydrogens (tertiary/aromatic N) is 1. The van der Waals surface area contributed by atoms with Gasteiger partial charge in [0.15, 0.2) is 5.12 Å². The molecule has 3 nitrogen and oxygen atoms in total. The summed E-state index contributed by atoms with van der Waals surface area (Å²) in [5.74, 6) is 0.135. The molecule has 1 fully saturated rings. The van der Waals surface area contributed by atoms with E-state index in [1.807, 2.05) is 23.1 Å². The average molecular weight is 382 g/mol. The predicted octanol–water partition coefficient (Wildman–Crippen LogP) is 4.95. The van der Waals surface area contributed by atoms with Gasteiger partial charge in [0.25, 0.3) is 0 Å². The van der Waals surface area contributed by atoms with Crippen LogP contribution in [0.25, 0.3) is 11.1 Å². The summed E-state index contributed by atoms with van der Waals surface area (Å²) in [5, 5.41) is -0.251. The van der Waals surface area contributed by atoms with E-state index in [0.29, 0.717) is 6.42 Å². The lowest BCUT2D eigenvalue weighted by Crippen LogP contribution is -2.41. The normalized spacial score (nSPS) is 15.4. The third-order valence-electron chi connectivity index (χ3n) is 5.01. The van der Waals surface area contributed by atoms with E-state index in [1.165, 1.54) is 34.9 Å². The summed E-state index contributed by atoms with van der Waals surface area (Å²) in [4.78, 5) is 26.4. The smallest absolute Gasteiger partial charge is 0.236 e. The number of aryl methyl sites for hydroxylation is 1. The zero-order valence-electron chi connectivity index (χ0n) is 15.9. The van der Waals surface area contributed by atoms with Crippen LogP contribution in [-0.4, -0.2) is 34.3 Å². The number of carbonyl (C=O) groups is 2. The van der Waals surface area contributed by atoms with E-state index in [2.05, 4.69) is 36.4 Å². The molecule has 1 saturated heterocycles. The van der Waals surface area contributed by atoms with Crippen molar-refractivity contribution in [2.45, 2.75) is 44.3 Å². The molecule has 1 atom stereocenters. The molecule has 0 aromatic heterocycles. The zero-order chi connectivity index (χ0) is 19.1. The second kappa shape index (κ2) is 9.75. The molecule has 0 radical (unpaired) electrons. The molecule has 0 aliphatic carbocycles. The van der Waals surface area contributed by atoms with E-state index in [-0.39, 0.29) is 16.3 Å². The lowest BCUT2D eigenvalue weighted by atomic mass is 10.0. The summed E-state index contributed by atoms with van der Waals surface area (Å²) < 4.78 is 0. The summed E-state index contributed by atoms with van der Waals surface area (Å²) >= 11 is 1.19. The first kappa shape index (κ1) is 19.7. The summed E-state index contributed by atoms with van der Waals surface area (Å²) in [7, 11) is 0. The van der Waals surface area contributed by atoms with Crippen LogP contribution in [0, 0.1) is 0 Å². The van der Waals surface area contributed by atoms with Crippen molar-refractivity contribution in [2.75, 3.05) is 13.1 Å². The maximum atomic E-state index is 12.8. The molecule has 1 aliphatic rings. The number of thioether (sulfide) groups is 1. The van der Waals surface area contributed by atoms with Gasteiger partial charge in [-0.05, 0) is 48.8 Å². The number of carbonyl (C=O) groups excluding carboxylic acids is 2. The summed E-state index contributed by atoms with van der Waals surface area (Å²) in [6, 6.07) is 18.8. The minimum atomic E-state index is -0.269. The Bertz CT molecular complexity index is 752. The van der Waals surface area contributed by atoms with Gasteiger partial charge in [0.2, 0.25) is 5.91 Å². The molecular formula is C23H27NO2S. The highest BCUT2D eigenvalue weighted by molar-refractivity contribution is 8.14. The molecule has 1 heterocycles. The Morgan fingerprint density at radius 3 is 2.19 bits per heavy atom. The second-order valence-electron chi connectivity index (χ2n) is 7.09. The maximum Gasteiger partial charge on any atom is 0.236 e. The summed E-state index contributed by atoms with van der Waals surface area (Å²) in [6.45, 7) is 3.22. The van der Waals surface area contributed by atoms with Gasteiger partial charge in [-0.2, -0.15) is 0 Å². The molecule has 2 aromatic carbocycles. The molecule has 0 spiro atoms. The molecule has 2 aromatic rings. The first-order chi connectivity index (χ1) is 13.1. The average Bonchev–Trinajstić information content (AvgIpc) is 2.72. The Hall–Kier alpha value is -2.07. The minimum Gasteiger partial charge on any atom is -0.342 e. The maximum absolute atomic E-state index is 12.8. The van der Waals surface area contributed by atoms with Crippen molar-refractivity contribution in [3.63, 3.8) is 0 Å². The molecular weight excluding hydrogens is 354 g/mol. The zero-order valence-corrected chi connectivity index (χ0v) is 16.7. The Morgan fingerprint density at radius 1 is 0.926 bits per heavy atom. The van der Waals surface area contributed by atoms with Crippen molar-refractivity contribution >= 4 is 22.8 Å². The van der Waals surface area contributed by atoms with Crippen LogP contribution < -0.4 is 0 Å². The molecule has 3 rings (SSSR count). The van der Waals surface area contributed by atoms with Crippen molar-refractivity contribution in [3.8, 4) is 11.1 Å². The highest BCUT2D eigenvalue weighted by Crippen LogP contribution is 2.24. The van der Waals surface area contributed by atoms with Gasteiger partial charge in [-0.25, -0.2) is 0 Å². The number of likely N-dealkylation sites (tertiary alicyclic amines) is 1.